The second kappa shape index (κ2) is 11.3. The van der Waals surface area contributed by atoms with Crippen LogP contribution in [0.4, 0.5) is 5.69 Å². The van der Waals surface area contributed by atoms with E-state index in [1.54, 1.807) is 47.9 Å². The largest absolute Gasteiger partial charge is 0.494 e. The molecule has 4 fully saturated rings. The lowest BCUT2D eigenvalue weighted by Gasteiger charge is -2.36. The van der Waals surface area contributed by atoms with Gasteiger partial charge in [-0.3, -0.25) is 19.3 Å². The molecule has 2 unspecified atom stereocenters. The molecule has 214 valence electrons. The molecule has 0 aliphatic carbocycles. The highest BCUT2D eigenvalue weighted by molar-refractivity contribution is 8.02. The molecule has 39 heavy (non-hydrogen) atoms. The van der Waals surface area contributed by atoms with Gasteiger partial charge in [0.15, 0.2) is 0 Å². The molecule has 2 bridgehead atoms. The first-order valence-electron chi connectivity index (χ1n) is 14.0. The molecule has 5 rings (SSSR count). The van der Waals surface area contributed by atoms with Crippen LogP contribution in [0.2, 0.25) is 0 Å². The van der Waals surface area contributed by atoms with Crippen molar-refractivity contribution in [2.24, 2.45) is 11.8 Å². The Kier molecular flexibility index (Phi) is 8.15. The summed E-state index contributed by atoms with van der Waals surface area (Å²) in [5.74, 6) is -1.13. The summed E-state index contributed by atoms with van der Waals surface area (Å²) in [7, 11) is 0. The van der Waals surface area contributed by atoms with Gasteiger partial charge in [-0.1, -0.05) is 0 Å². The second-order valence-corrected chi connectivity index (χ2v) is 13.1. The van der Waals surface area contributed by atoms with E-state index in [9.17, 15) is 19.5 Å². The molecule has 3 N–H and O–H groups in total. The summed E-state index contributed by atoms with van der Waals surface area (Å²) in [5.41, 5.74) is 0.636. The van der Waals surface area contributed by atoms with Gasteiger partial charge in [-0.2, -0.15) is 0 Å². The average Bonchev–Trinajstić information content (AvgIpc) is 3.50. The van der Waals surface area contributed by atoms with Crippen LogP contribution >= 0.6 is 11.8 Å². The average molecular weight is 561 g/mol. The number of fused-ring (bicyclic) bond motifs is 1. The van der Waals surface area contributed by atoms with E-state index in [1.165, 1.54) is 0 Å². The number of aliphatic hydroxyl groups excluding tert-OH is 1. The van der Waals surface area contributed by atoms with Crippen molar-refractivity contribution in [3.63, 3.8) is 0 Å². The normalized spacial score (nSPS) is 32.7. The monoisotopic (exact) mass is 560 g/mol. The Hall–Kier alpha value is -2.34. The van der Waals surface area contributed by atoms with Crippen LogP contribution in [-0.4, -0.2) is 107 Å². The van der Waals surface area contributed by atoms with E-state index in [2.05, 4.69) is 15.5 Å². The van der Waals surface area contributed by atoms with Gasteiger partial charge in [0.1, 0.15) is 11.8 Å². The molecule has 0 aromatic heterocycles. The highest BCUT2D eigenvalue weighted by Gasteiger charge is 2.77. The summed E-state index contributed by atoms with van der Waals surface area (Å²) in [6, 6.07) is 5.93. The fraction of sp³-hybridized carbons (Fsp3) is 0.679. The fourth-order valence-electron chi connectivity index (χ4n) is 6.91. The van der Waals surface area contributed by atoms with E-state index in [-0.39, 0.29) is 24.3 Å². The van der Waals surface area contributed by atoms with E-state index < -0.39 is 33.4 Å². The number of benzene rings is 1. The Labute approximate surface area is 234 Å². The number of nitrogens with one attached hydrogen (secondary N) is 2. The van der Waals surface area contributed by atoms with Crippen molar-refractivity contribution in [3.8, 4) is 5.75 Å². The number of hydrogen-bond donors (Lipinski definition) is 3. The number of amides is 3. The first kappa shape index (κ1) is 28.2. The van der Waals surface area contributed by atoms with Gasteiger partial charge in [-0.25, -0.2) is 0 Å². The summed E-state index contributed by atoms with van der Waals surface area (Å²) < 4.78 is 9.74. The Bertz CT molecular complexity index is 1080. The lowest BCUT2D eigenvalue weighted by Crippen LogP contribution is -2.56. The van der Waals surface area contributed by atoms with Crippen LogP contribution in [0.15, 0.2) is 24.3 Å². The minimum atomic E-state index is -0.739. The van der Waals surface area contributed by atoms with Crippen molar-refractivity contribution < 1.29 is 29.0 Å². The highest BCUT2D eigenvalue weighted by Crippen LogP contribution is 2.71. The predicted octanol–water partition coefficient (Wildman–Crippen LogP) is 1.33. The molecular formula is C28H40N4O6S. The smallest absolute Gasteiger partial charge is 0.244 e. The summed E-state index contributed by atoms with van der Waals surface area (Å²) >= 11 is 1.63. The highest BCUT2D eigenvalue weighted by atomic mass is 32.2. The molecule has 3 amide bonds. The number of thioether (sulfide) groups is 1. The maximum Gasteiger partial charge on any atom is 0.244 e. The summed E-state index contributed by atoms with van der Waals surface area (Å²) in [6.07, 6.45) is 1.41. The van der Waals surface area contributed by atoms with E-state index in [0.29, 0.717) is 45.0 Å². The summed E-state index contributed by atoms with van der Waals surface area (Å²) in [6.45, 7) is 10.2. The number of ether oxygens (including phenoxy) is 2. The first-order chi connectivity index (χ1) is 18.7. The zero-order valence-electron chi connectivity index (χ0n) is 23.0. The van der Waals surface area contributed by atoms with Crippen LogP contribution in [-0.2, 0) is 19.1 Å². The van der Waals surface area contributed by atoms with Crippen LogP contribution in [0.3, 0.4) is 0 Å². The maximum atomic E-state index is 14.0. The molecule has 11 heteroatoms. The third-order valence-electron chi connectivity index (χ3n) is 8.75. The molecule has 1 aromatic carbocycles. The molecule has 1 spiro atoms. The number of morpholine rings is 1. The van der Waals surface area contributed by atoms with Gasteiger partial charge >= 0.3 is 0 Å². The number of rotatable bonds is 10. The van der Waals surface area contributed by atoms with Gasteiger partial charge in [0.2, 0.25) is 17.7 Å². The van der Waals surface area contributed by atoms with Crippen molar-refractivity contribution in [1.82, 2.24) is 15.1 Å². The van der Waals surface area contributed by atoms with E-state index >= 15 is 0 Å². The number of hydrogen-bond acceptors (Lipinski definition) is 8. The van der Waals surface area contributed by atoms with Crippen molar-refractivity contribution in [2.45, 2.75) is 55.2 Å². The molecule has 0 saturated carbocycles. The zero-order chi connectivity index (χ0) is 27.8. The van der Waals surface area contributed by atoms with Gasteiger partial charge in [0, 0.05) is 36.6 Å². The van der Waals surface area contributed by atoms with Gasteiger partial charge in [0.25, 0.3) is 0 Å². The summed E-state index contributed by atoms with van der Waals surface area (Å²) in [4.78, 5) is 45.4. The molecule has 4 aliphatic rings. The molecule has 4 aliphatic heterocycles. The lowest BCUT2D eigenvalue weighted by molar-refractivity contribution is -0.142. The Morgan fingerprint density at radius 1 is 1.21 bits per heavy atom. The third-order valence-corrected chi connectivity index (χ3v) is 10.7. The van der Waals surface area contributed by atoms with E-state index in [0.717, 1.165) is 25.3 Å². The van der Waals surface area contributed by atoms with Crippen LogP contribution < -0.4 is 15.4 Å². The number of nitrogens with zero attached hydrogens (tertiary/aromatic N) is 2. The van der Waals surface area contributed by atoms with Gasteiger partial charge in [-0.05, 0) is 57.9 Å². The SMILES string of the molecule is CCOc1ccc(NC(=O)[C@H]2[C@H]3C(=O)N([C@H](C)CO)C(C(=O)NCCN4CCOCC4)C34CC[C@]2(C)S4)cc1. The predicted molar refractivity (Wildman–Crippen MR) is 149 cm³/mol. The van der Waals surface area contributed by atoms with E-state index in [1.807, 2.05) is 13.8 Å². The van der Waals surface area contributed by atoms with Crippen LogP contribution in [0.25, 0.3) is 0 Å². The number of carbonyl (C=O) groups excluding carboxylic acids is 3. The standard InChI is InChI=1S/C28H40N4O6S/c1-4-38-20-7-5-19(6-8-20)30-24(34)21-22-26(36)32(18(2)17-33)23(28(22)10-9-27(21,3)39-28)25(35)29-11-12-31-13-15-37-16-14-31/h5-8,18,21-23,33H,4,9-17H2,1-3H3,(H,29,35)(H,30,34)/t18-,21-,22+,23?,27+,28?/m1/s1. The Balaban J connectivity index is 1.37. The maximum absolute atomic E-state index is 14.0. The first-order valence-corrected chi connectivity index (χ1v) is 14.8. The molecule has 0 radical (unpaired) electrons. The molecule has 4 saturated heterocycles. The Morgan fingerprint density at radius 3 is 2.59 bits per heavy atom. The van der Waals surface area contributed by atoms with E-state index in [4.69, 9.17) is 9.47 Å². The summed E-state index contributed by atoms with van der Waals surface area (Å²) in [5, 5.41) is 16.1. The quantitative estimate of drug-likeness (QED) is 0.392. The van der Waals surface area contributed by atoms with Crippen molar-refractivity contribution in [2.75, 3.05) is 57.9 Å². The number of carbonyl (C=O) groups is 3. The van der Waals surface area contributed by atoms with Gasteiger partial charge in [-0.15, -0.1) is 11.8 Å². The lowest BCUT2D eigenvalue weighted by atomic mass is 9.66. The van der Waals surface area contributed by atoms with Crippen LogP contribution in [0, 0.1) is 11.8 Å². The minimum Gasteiger partial charge on any atom is -0.494 e. The van der Waals surface area contributed by atoms with Crippen LogP contribution in [0.5, 0.6) is 5.75 Å². The fourth-order valence-corrected chi connectivity index (χ4v) is 9.25. The molecule has 1 aromatic rings. The van der Waals surface area contributed by atoms with Crippen molar-refractivity contribution in [3.05, 3.63) is 24.3 Å². The number of anilines is 1. The van der Waals surface area contributed by atoms with Gasteiger partial charge in [0.05, 0.1) is 49.1 Å². The van der Waals surface area contributed by atoms with Crippen molar-refractivity contribution in [1.29, 1.82) is 0 Å². The molecule has 10 nitrogen and oxygen atoms in total. The number of likely N-dealkylation sites (tertiary alicyclic amines) is 1. The number of aliphatic hydroxyl groups is 1. The Morgan fingerprint density at radius 2 is 1.92 bits per heavy atom. The molecular weight excluding hydrogens is 520 g/mol. The van der Waals surface area contributed by atoms with Crippen LogP contribution in [0.1, 0.15) is 33.6 Å². The second-order valence-electron chi connectivity index (χ2n) is 11.2. The topological polar surface area (TPSA) is 120 Å². The molecule has 4 heterocycles. The minimum absolute atomic E-state index is 0.205. The van der Waals surface area contributed by atoms with Crippen molar-refractivity contribution >= 4 is 35.2 Å². The molecule has 6 atom stereocenters. The van der Waals surface area contributed by atoms with Gasteiger partial charge < -0.3 is 30.1 Å². The zero-order valence-corrected chi connectivity index (χ0v) is 23.8. The third kappa shape index (κ3) is 5.03.